The van der Waals surface area contributed by atoms with E-state index in [1.165, 1.54) is 0 Å². The number of benzene rings is 1. The van der Waals surface area contributed by atoms with Crippen LogP contribution in [-0.2, 0) is 16.1 Å². The zero-order valence-corrected chi connectivity index (χ0v) is 11.8. The molecule has 20 heavy (non-hydrogen) atoms. The van der Waals surface area contributed by atoms with Crippen LogP contribution < -0.4 is 5.32 Å². The zero-order chi connectivity index (χ0) is 14.5. The van der Waals surface area contributed by atoms with Gasteiger partial charge < -0.3 is 10.4 Å². The van der Waals surface area contributed by atoms with Gasteiger partial charge in [-0.05, 0) is 30.7 Å². The maximum atomic E-state index is 11.8. The van der Waals surface area contributed by atoms with Crippen molar-refractivity contribution in [1.29, 1.82) is 0 Å². The Morgan fingerprint density at radius 3 is 2.65 bits per heavy atom. The maximum absolute atomic E-state index is 11.8. The highest BCUT2D eigenvalue weighted by molar-refractivity contribution is 6.30. The number of aliphatic carboxylic acids is 1. The number of carboxylic acid groups (broad SMARTS) is 1. The van der Waals surface area contributed by atoms with Crippen molar-refractivity contribution in [3.8, 4) is 0 Å². The highest BCUT2D eigenvalue weighted by atomic mass is 35.5. The van der Waals surface area contributed by atoms with Gasteiger partial charge in [0.1, 0.15) is 0 Å². The zero-order valence-electron chi connectivity index (χ0n) is 11.0. The van der Waals surface area contributed by atoms with Crippen LogP contribution in [-0.4, -0.2) is 41.5 Å². The van der Waals surface area contributed by atoms with Gasteiger partial charge in [-0.15, -0.1) is 0 Å². The quantitative estimate of drug-likeness (QED) is 0.861. The molecule has 0 saturated carbocycles. The molecule has 0 unspecified atom stereocenters. The van der Waals surface area contributed by atoms with Crippen molar-refractivity contribution in [3.63, 3.8) is 0 Å². The van der Waals surface area contributed by atoms with Gasteiger partial charge in [0, 0.05) is 18.1 Å². The van der Waals surface area contributed by atoms with Gasteiger partial charge in [0.2, 0.25) is 5.91 Å². The van der Waals surface area contributed by atoms with Crippen LogP contribution in [0.15, 0.2) is 24.3 Å². The number of amides is 1. The predicted octanol–water partition coefficient (Wildman–Crippen LogP) is 1.36. The summed E-state index contributed by atoms with van der Waals surface area (Å²) in [5.74, 6) is -1.22. The van der Waals surface area contributed by atoms with Gasteiger partial charge in [-0.1, -0.05) is 23.7 Å². The minimum atomic E-state index is -0.783. The number of likely N-dealkylation sites (tertiary alicyclic amines) is 1. The summed E-state index contributed by atoms with van der Waals surface area (Å²) >= 11 is 5.78. The number of hydrogen-bond acceptors (Lipinski definition) is 3. The van der Waals surface area contributed by atoms with Crippen molar-refractivity contribution in [2.45, 2.75) is 13.0 Å². The first-order valence-electron chi connectivity index (χ1n) is 6.51. The fourth-order valence-corrected chi connectivity index (χ4v) is 2.37. The van der Waals surface area contributed by atoms with E-state index < -0.39 is 5.97 Å². The van der Waals surface area contributed by atoms with E-state index in [2.05, 4.69) is 5.32 Å². The van der Waals surface area contributed by atoms with Crippen molar-refractivity contribution in [2.24, 2.45) is 5.92 Å². The molecule has 2 N–H and O–H groups in total. The Bertz CT molecular complexity index is 490. The van der Waals surface area contributed by atoms with Crippen molar-refractivity contribution < 1.29 is 14.7 Å². The number of nitrogens with one attached hydrogen (secondary N) is 1. The molecule has 1 heterocycles. The van der Waals surface area contributed by atoms with E-state index in [0.29, 0.717) is 31.1 Å². The van der Waals surface area contributed by atoms with E-state index in [-0.39, 0.29) is 18.4 Å². The standard InChI is InChI=1S/C14H17ClN2O3/c15-12-3-1-10(2-4-12)7-16-13(18)9-17-6-5-11(8-17)14(19)20/h1-4,11H,5-9H2,(H,16,18)(H,19,20)/t11-/m1/s1. The molecule has 0 aliphatic carbocycles. The third kappa shape index (κ3) is 4.21. The summed E-state index contributed by atoms with van der Waals surface area (Å²) in [5, 5.41) is 12.4. The number of halogens is 1. The number of rotatable bonds is 5. The molecule has 0 aromatic heterocycles. The molecule has 1 saturated heterocycles. The third-order valence-electron chi connectivity index (χ3n) is 3.39. The average Bonchev–Trinajstić information content (AvgIpc) is 2.87. The Morgan fingerprint density at radius 1 is 1.35 bits per heavy atom. The number of carbonyl (C=O) groups excluding carboxylic acids is 1. The highest BCUT2D eigenvalue weighted by Crippen LogP contribution is 2.15. The third-order valence-corrected chi connectivity index (χ3v) is 3.64. The number of carboxylic acids is 1. The highest BCUT2D eigenvalue weighted by Gasteiger charge is 2.28. The van der Waals surface area contributed by atoms with Crippen LogP contribution in [0.1, 0.15) is 12.0 Å². The predicted molar refractivity (Wildman–Crippen MR) is 75.5 cm³/mol. The molecular formula is C14H17ClN2O3. The first kappa shape index (κ1) is 14.8. The molecule has 0 spiro atoms. The smallest absolute Gasteiger partial charge is 0.307 e. The molecule has 1 amide bonds. The van der Waals surface area contributed by atoms with Gasteiger partial charge >= 0.3 is 5.97 Å². The molecule has 1 atom stereocenters. The van der Waals surface area contributed by atoms with Gasteiger partial charge in [-0.2, -0.15) is 0 Å². The van der Waals surface area contributed by atoms with Crippen LogP contribution in [0.5, 0.6) is 0 Å². The lowest BCUT2D eigenvalue weighted by molar-refractivity contribution is -0.141. The summed E-state index contributed by atoms with van der Waals surface area (Å²) < 4.78 is 0. The van der Waals surface area contributed by atoms with E-state index in [1.807, 2.05) is 17.0 Å². The van der Waals surface area contributed by atoms with Crippen LogP contribution in [0.4, 0.5) is 0 Å². The van der Waals surface area contributed by atoms with Crippen molar-refractivity contribution in [1.82, 2.24) is 10.2 Å². The van der Waals surface area contributed by atoms with Crippen LogP contribution in [0.25, 0.3) is 0 Å². The minimum Gasteiger partial charge on any atom is -0.481 e. The normalized spacial score (nSPS) is 18.9. The van der Waals surface area contributed by atoms with Gasteiger partial charge in [-0.3, -0.25) is 14.5 Å². The second-order valence-corrected chi connectivity index (χ2v) is 5.40. The Labute approximate surface area is 122 Å². The van der Waals surface area contributed by atoms with Crippen LogP contribution >= 0.6 is 11.6 Å². The summed E-state index contributed by atoms with van der Waals surface area (Å²) in [6.45, 7) is 1.80. The van der Waals surface area contributed by atoms with E-state index in [9.17, 15) is 9.59 Å². The molecule has 1 aliphatic heterocycles. The summed E-state index contributed by atoms with van der Waals surface area (Å²) in [7, 11) is 0. The van der Waals surface area contributed by atoms with Crippen molar-refractivity contribution in [2.75, 3.05) is 19.6 Å². The van der Waals surface area contributed by atoms with Gasteiger partial charge in [0.05, 0.1) is 12.5 Å². The second kappa shape index (κ2) is 6.72. The van der Waals surface area contributed by atoms with Gasteiger partial charge in [-0.25, -0.2) is 0 Å². The molecule has 1 fully saturated rings. The lowest BCUT2D eigenvalue weighted by Crippen LogP contribution is -2.36. The Balaban J connectivity index is 1.73. The Kier molecular flexibility index (Phi) is 4.98. The Hall–Kier alpha value is -1.59. The molecule has 6 heteroatoms. The Morgan fingerprint density at radius 2 is 2.05 bits per heavy atom. The lowest BCUT2D eigenvalue weighted by atomic mass is 10.1. The molecular weight excluding hydrogens is 280 g/mol. The van der Waals surface area contributed by atoms with Crippen LogP contribution in [0.2, 0.25) is 5.02 Å². The van der Waals surface area contributed by atoms with Crippen LogP contribution in [0.3, 0.4) is 0 Å². The topological polar surface area (TPSA) is 69.6 Å². The molecule has 5 nitrogen and oxygen atoms in total. The summed E-state index contributed by atoms with van der Waals surface area (Å²) in [4.78, 5) is 24.5. The van der Waals surface area contributed by atoms with Gasteiger partial charge in [0.15, 0.2) is 0 Å². The van der Waals surface area contributed by atoms with Crippen molar-refractivity contribution >= 4 is 23.5 Å². The molecule has 0 radical (unpaired) electrons. The lowest BCUT2D eigenvalue weighted by Gasteiger charge is -2.14. The van der Waals surface area contributed by atoms with Gasteiger partial charge in [0.25, 0.3) is 0 Å². The maximum Gasteiger partial charge on any atom is 0.307 e. The fraction of sp³-hybridized carbons (Fsp3) is 0.429. The summed E-state index contributed by atoms with van der Waals surface area (Å²) in [6.07, 6.45) is 0.611. The molecule has 1 aliphatic rings. The average molecular weight is 297 g/mol. The first-order chi connectivity index (χ1) is 9.54. The minimum absolute atomic E-state index is 0.0917. The first-order valence-corrected chi connectivity index (χ1v) is 6.88. The number of nitrogens with zero attached hydrogens (tertiary/aromatic N) is 1. The SMILES string of the molecule is O=C(CN1CC[C@@H](C(=O)O)C1)NCc1ccc(Cl)cc1. The van der Waals surface area contributed by atoms with Crippen LogP contribution in [0, 0.1) is 5.92 Å². The van der Waals surface area contributed by atoms with Crippen molar-refractivity contribution in [3.05, 3.63) is 34.9 Å². The largest absolute Gasteiger partial charge is 0.481 e. The molecule has 0 bridgehead atoms. The number of carbonyl (C=O) groups is 2. The second-order valence-electron chi connectivity index (χ2n) is 4.96. The molecule has 108 valence electrons. The fourth-order valence-electron chi connectivity index (χ4n) is 2.24. The van der Waals surface area contributed by atoms with E-state index >= 15 is 0 Å². The molecule has 2 rings (SSSR count). The summed E-state index contributed by atoms with van der Waals surface area (Å²) in [5.41, 5.74) is 0.979. The number of hydrogen-bond donors (Lipinski definition) is 2. The monoisotopic (exact) mass is 296 g/mol. The van der Waals surface area contributed by atoms with E-state index in [4.69, 9.17) is 16.7 Å². The van der Waals surface area contributed by atoms with E-state index in [0.717, 1.165) is 5.56 Å². The molecule has 1 aromatic carbocycles. The molecule has 1 aromatic rings. The summed E-state index contributed by atoms with van der Waals surface area (Å²) in [6, 6.07) is 7.28. The van der Waals surface area contributed by atoms with E-state index in [1.54, 1.807) is 12.1 Å².